The van der Waals surface area contributed by atoms with E-state index in [1.165, 1.54) is 6.33 Å². The second-order valence-corrected chi connectivity index (χ2v) is 4.52. The molecule has 18 heavy (non-hydrogen) atoms. The van der Waals surface area contributed by atoms with Crippen molar-refractivity contribution in [3.05, 3.63) is 11.9 Å². The summed E-state index contributed by atoms with van der Waals surface area (Å²) in [7, 11) is 0. The summed E-state index contributed by atoms with van der Waals surface area (Å²) in [6.07, 6.45) is 4.79. The molecule has 0 aromatic carbocycles. The minimum atomic E-state index is 0.123. The number of nitrogen functional groups attached to an aromatic ring is 1. The lowest BCUT2D eigenvalue weighted by molar-refractivity contribution is -0.119. The Morgan fingerprint density at radius 1 is 1.56 bits per heavy atom. The van der Waals surface area contributed by atoms with E-state index in [0.717, 1.165) is 30.6 Å². The Labute approximate surface area is 106 Å². The molecule has 0 aliphatic carbocycles. The van der Waals surface area contributed by atoms with E-state index in [1.807, 2.05) is 0 Å². The molecule has 6 heteroatoms. The average molecular weight is 249 g/mol. The summed E-state index contributed by atoms with van der Waals surface area (Å²) in [5.41, 5.74) is 6.81. The van der Waals surface area contributed by atoms with Crippen molar-refractivity contribution in [2.24, 2.45) is 0 Å². The van der Waals surface area contributed by atoms with Gasteiger partial charge in [0.25, 0.3) is 0 Å². The molecule has 0 spiro atoms. The highest BCUT2D eigenvalue weighted by Crippen LogP contribution is 2.19. The van der Waals surface area contributed by atoms with E-state index in [1.54, 1.807) is 0 Å². The number of nitrogens with two attached hydrogens (primary N) is 1. The van der Waals surface area contributed by atoms with E-state index in [0.29, 0.717) is 18.8 Å². The number of hydrogen-bond donors (Lipinski definition) is 3. The van der Waals surface area contributed by atoms with Crippen LogP contribution < -0.4 is 16.4 Å². The number of hydrogen-bond acceptors (Lipinski definition) is 5. The molecule has 2 heterocycles. The van der Waals surface area contributed by atoms with Gasteiger partial charge in [-0.3, -0.25) is 4.79 Å². The standard InChI is InChI=1S/C12H19N5O/c1-2-3-9-11(13)15-7-16-12(9)14-6-8-4-5-10(18)17-8/h7-8H,2-6H2,1H3,(H,17,18)(H3,13,14,15,16). The zero-order chi connectivity index (χ0) is 13.0. The number of nitrogens with one attached hydrogen (secondary N) is 2. The van der Waals surface area contributed by atoms with E-state index < -0.39 is 0 Å². The number of rotatable bonds is 5. The van der Waals surface area contributed by atoms with Gasteiger partial charge in [-0.2, -0.15) is 0 Å². The molecule has 1 aliphatic heterocycles. The smallest absolute Gasteiger partial charge is 0.220 e. The van der Waals surface area contributed by atoms with Crippen molar-refractivity contribution >= 4 is 17.5 Å². The van der Waals surface area contributed by atoms with Crippen LogP contribution >= 0.6 is 0 Å². The van der Waals surface area contributed by atoms with Crippen molar-refractivity contribution in [1.82, 2.24) is 15.3 Å². The molecule has 1 amide bonds. The monoisotopic (exact) mass is 249 g/mol. The van der Waals surface area contributed by atoms with Gasteiger partial charge in [0, 0.05) is 24.6 Å². The van der Waals surface area contributed by atoms with Crippen LogP contribution in [0.2, 0.25) is 0 Å². The number of carbonyl (C=O) groups excluding carboxylic acids is 1. The molecule has 0 saturated carbocycles. The second kappa shape index (κ2) is 5.66. The van der Waals surface area contributed by atoms with E-state index in [9.17, 15) is 4.79 Å². The predicted molar refractivity (Wildman–Crippen MR) is 70.1 cm³/mol. The van der Waals surface area contributed by atoms with Crippen LogP contribution in [0.15, 0.2) is 6.33 Å². The molecule has 6 nitrogen and oxygen atoms in total. The van der Waals surface area contributed by atoms with E-state index >= 15 is 0 Å². The predicted octanol–water partition coefficient (Wildman–Crippen LogP) is 0.702. The number of anilines is 2. The van der Waals surface area contributed by atoms with Gasteiger partial charge in [-0.1, -0.05) is 13.3 Å². The van der Waals surface area contributed by atoms with Gasteiger partial charge in [-0.15, -0.1) is 0 Å². The summed E-state index contributed by atoms with van der Waals surface area (Å²) in [5.74, 6) is 1.44. The molecule has 1 aromatic heterocycles. The quantitative estimate of drug-likeness (QED) is 0.714. The van der Waals surface area contributed by atoms with Crippen molar-refractivity contribution < 1.29 is 4.79 Å². The maximum Gasteiger partial charge on any atom is 0.220 e. The Kier molecular flexibility index (Phi) is 3.96. The summed E-state index contributed by atoms with van der Waals surface area (Å²) in [4.78, 5) is 19.3. The Bertz CT molecular complexity index is 434. The Morgan fingerprint density at radius 3 is 3.06 bits per heavy atom. The zero-order valence-electron chi connectivity index (χ0n) is 10.6. The fourth-order valence-electron chi connectivity index (χ4n) is 2.13. The number of nitrogens with zero attached hydrogens (tertiary/aromatic N) is 2. The van der Waals surface area contributed by atoms with Crippen LogP contribution in [-0.2, 0) is 11.2 Å². The second-order valence-electron chi connectivity index (χ2n) is 4.52. The molecular weight excluding hydrogens is 230 g/mol. The maximum absolute atomic E-state index is 11.1. The molecule has 2 rings (SSSR count). The molecule has 0 radical (unpaired) electrons. The van der Waals surface area contributed by atoms with Gasteiger partial charge in [0.05, 0.1) is 0 Å². The van der Waals surface area contributed by atoms with Gasteiger partial charge in [-0.25, -0.2) is 9.97 Å². The van der Waals surface area contributed by atoms with Crippen LogP contribution in [0.4, 0.5) is 11.6 Å². The summed E-state index contributed by atoms with van der Waals surface area (Å²) in [6.45, 7) is 2.77. The molecule has 1 aromatic rings. The molecule has 1 unspecified atom stereocenters. The first-order valence-corrected chi connectivity index (χ1v) is 6.33. The van der Waals surface area contributed by atoms with Crippen molar-refractivity contribution in [2.45, 2.75) is 38.6 Å². The molecular formula is C12H19N5O. The molecule has 98 valence electrons. The normalized spacial score (nSPS) is 18.7. The van der Waals surface area contributed by atoms with Gasteiger partial charge >= 0.3 is 0 Å². The van der Waals surface area contributed by atoms with E-state index in [-0.39, 0.29) is 11.9 Å². The van der Waals surface area contributed by atoms with Gasteiger partial charge in [-0.05, 0) is 12.8 Å². The molecule has 1 saturated heterocycles. The van der Waals surface area contributed by atoms with Crippen LogP contribution in [0.25, 0.3) is 0 Å². The summed E-state index contributed by atoms with van der Waals surface area (Å²) in [5, 5.41) is 6.17. The van der Waals surface area contributed by atoms with Gasteiger partial charge in [0.1, 0.15) is 18.0 Å². The summed E-state index contributed by atoms with van der Waals surface area (Å²) < 4.78 is 0. The molecule has 1 fully saturated rings. The van der Waals surface area contributed by atoms with Gasteiger partial charge in [0.2, 0.25) is 5.91 Å². The Morgan fingerprint density at radius 2 is 2.39 bits per heavy atom. The van der Waals surface area contributed by atoms with Crippen LogP contribution in [0, 0.1) is 0 Å². The third-order valence-electron chi connectivity index (χ3n) is 3.08. The lowest BCUT2D eigenvalue weighted by Gasteiger charge is -2.15. The number of aromatic nitrogens is 2. The molecule has 0 bridgehead atoms. The lowest BCUT2D eigenvalue weighted by Crippen LogP contribution is -2.32. The molecule has 1 atom stereocenters. The average Bonchev–Trinajstić information content (AvgIpc) is 2.76. The van der Waals surface area contributed by atoms with Crippen LogP contribution in [0.1, 0.15) is 31.7 Å². The lowest BCUT2D eigenvalue weighted by atomic mass is 10.1. The summed E-state index contributed by atoms with van der Waals surface area (Å²) in [6, 6.07) is 0.183. The number of carbonyl (C=O) groups is 1. The van der Waals surface area contributed by atoms with E-state index in [2.05, 4.69) is 27.5 Å². The maximum atomic E-state index is 11.1. The number of amides is 1. The fraction of sp³-hybridized carbons (Fsp3) is 0.583. The highest BCUT2D eigenvalue weighted by atomic mass is 16.1. The van der Waals surface area contributed by atoms with Crippen molar-refractivity contribution in [3.8, 4) is 0 Å². The van der Waals surface area contributed by atoms with Gasteiger partial charge < -0.3 is 16.4 Å². The largest absolute Gasteiger partial charge is 0.383 e. The minimum Gasteiger partial charge on any atom is -0.383 e. The highest BCUT2D eigenvalue weighted by Gasteiger charge is 2.20. The van der Waals surface area contributed by atoms with Crippen molar-refractivity contribution in [2.75, 3.05) is 17.6 Å². The van der Waals surface area contributed by atoms with Crippen LogP contribution in [0.5, 0.6) is 0 Å². The SMILES string of the molecule is CCCc1c(N)ncnc1NCC1CCC(=O)N1. The van der Waals surface area contributed by atoms with Crippen LogP contribution in [-0.4, -0.2) is 28.5 Å². The highest BCUT2D eigenvalue weighted by molar-refractivity contribution is 5.78. The summed E-state index contributed by atoms with van der Waals surface area (Å²) >= 11 is 0. The van der Waals surface area contributed by atoms with Crippen LogP contribution in [0.3, 0.4) is 0 Å². The topological polar surface area (TPSA) is 92.9 Å². The van der Waals surface area contributed by atoms with E-state index in [4.69, 9.17) is 5.73 Å². The van der Waals surface area contributed by atoms with Crippen molar-refractivity contribution in [3.63, 3.8) is 0 Å². The molecule has 1 aliphatic rings. The third kappa shape index (κ3) is 2.88. The fourth-order valence-corrected chi connectivity index (χ4v) is 2.13. The Balaban J connectivity index is 2.00. The zero-order valence-corrected chi connectivity index (χ0v) is 10.6. The Hall–Kier alpha value is -1.85. The third-order valence-corrected chi connectivity index (χ3v) is 3.08. The van der Waals surface area contributed by atoms with Crippen molar-refractivity contribution in [1.29, 1.82) is 0 Å². The first kappa shape index (κ1) is 12.6. The minimum absolute atomic E-state index is 0.123. The van der Waals surface area contributed by atoms with Gasteiger partial charge in [0.15, 0.2) is 0 Å². The molecule has 4 N–H and O–H groups in total. The first-order valence-electron chi connectivity index (χ1n) is 6.33. The first-order chi connectivity index (χ1) is 8.70.